The Morgan fingerprint density at radius 1 is 1.26 bits per heavy atom. The van der Waals surface area contributed by atoms with Crippen molar-refractivity contribution in [1.82, 2.24) is 19.9 Å². The number of carbonyl (C=O) groups is 1. The van der Waals surface area contributed by atoms with E-state index >= 15 is 0 Å². The first-order valence-electron chi connectivity index (χ1n) is 7.84. The largest absolute Gasteiger partial charge is 0.376 e. The maximum Gasteiger partial charge on any atom is 0.256 e. The van der Waals surface area contributed by atoms with Crippen LogP contribution in [0.25, 0.3) is 11.5 Å². The Bertz CT molecular complexity index is 639. The second-order valence-electron chi connectivity index (χ2n) is 5.68. The normalized spacial score (nSPS) is 17.7. The first-order valence-corrected chi connectivity index (χ1v) is 7.84. The minimum atomic E-state index is -0.0910. The van der Waals surface area contributed by atoms with Crippen LogP contribution in [0.15, 0.2) is 36.8 Å². The zero-order valence-electron chi connectivity index (χ0n) is 13.2. The van der Waals surface area contributed by atoms with Gasteiger partial charge in [0.15, 0.2) is 5.82 Å². The molecule has 3 rings (SSSR count). The Kier molecular flexibility index (Phi) is 4.92. The maximum atomic E-state index is 12.4. The summed E-state index contributed by atoms with van der Waals surface area (Å²) >= 11 is 0. The number of pyridine rings is 1. The molecule has 0 N–H and O–H groups in total. The average Bonchev–Trinajstić information content (AvgIpc) is 2.63. The van der Waals surface area contributed by atoms with Gasteiger partial charge in [0.2, 0.25) is 0 Å². The molecule has 3 heterocycles. The van der Waals surface area contributed by atoms with Gasteiger partial charge < -0.3 is 9.64 Å². The van der Waals surface area contributed by atoms with Gasteiger partial charge in [0.25, 0.3) is 5.91 Å². The Balaban J connectivity index is 1.65. The third kappa shape index (κ3) is 3.90. The monoisotopic (exact) mass is 312 g/mol. The number of hydrogen-bond acceptors (Lipinski definition) is 5. The first-order chi connectivity index (χ1) is 11.2. The molecule has 2 aromatic rings. The highest BCUT2D eigenvalue weighted by atomic mass is 16.5. The van der Waals surface area contributed by atoms with Crippen molar-refractivity contribution in [3.05, 3.63) is 42.4 Å². The number of carbonyl (C=O) groups excluding carboxylic acids is 1. The van der Waals surface area contributed by atoms with Crippen molar-refractivity contribution in [2.24, 2.45) is 0 Å². The van der Waals surface area contributed by atoms with Gasteiger partial charge in [-0.15, -0.1) is 0 Å². The van der Waals surface area contributed by atoms with Gasteiger partial charge in [-0.1, -0.05) is 6.07 Å². The molecule has 1 fully saturated rings. The molecule has 1 aliphatic heterocycles. The van der Waals surface area contributed by atoms with Crippen LogP contribution in [-0.2, 0) is 4.74 Å². The lowest BCUT2D eigenvalue weighted by molar-refractivity contribution is -0.000203. The minimum Gasteiger partial charge on any atom is -0.376 e. The molecule has 6 nitrogen and oxygen atoms in total. The van der Waals surface area contributed by atoms with Crippen LogP contribution in [-0.4, -0.2) is 52.1 Å². The maximum absolute atomic E-state index is 12.4. The van der Waals surface area contributed by atoms with E-state index in [0.29, 0.717) is 23.6 Å². The summed E-state index contributed by atoms with van der Waals surface area (Å²) in [4.78, 5) is 26.8. The molecule has 23 heavy (non-hydrogen) atoms. The highest BCUT2D eigenvalue weighted by Crippen LogP contribution is 2.15. The standard InChI is InChI=1S/C17H20N4O2/c1-21(12-14-6-3-5-9-23-14)17(22)13-10-19-16(20-11-13)15-7-2-4-8-18-15/h2,4,7-8,10-11,14H,3,5-6,9,12H2,1H3. The zero-order chi connectivity index (χ0) is 16.1. The molecule has 2 aromatic heterocycles. The second-order valence-corrected chi connectivity index (χ2v) is 5.68. The highest BCUT2D eigenvalue weighted by Gasteiger charge is 2.20. The van der Waals surface area contributed by atoms with Crippen molar-refractivity contribution in [3.8, 4) is 11.5 Å². The van der Waals surface area contributed by atoms with Crippen LogP contribution in [0.4, 0.5) is 0 Å². The molecular weight excluding hydrogens is 292 g/mol. The van der Waals surface area contributed by atoms with Crippen molar-refractivity contribution < 1.29 is 9.53 Å². The summed E-state index contributed by atoms with van der Waals surface area (Å²) < 4.78 is 5.68. The molecule has 6 heteroatoms. The average molecular weight is 312 g/mol. The molecule has 0 saturated carbocycles. The fourth-order valence-corrected chi connectivity index (χ4v) is 2.63. The number of likely N-dealkylation sites (N-methyl/N-ethyl adjacent to an activating group) is 1. The third-order valence-corrected chi connectivity index (χ3v) is 3.89. The van der Waals surface area contributed by atoms with E-state index in [1.54, 1.807) is 30.5 Å². The van der Waals surface area contributed by atoms with Gasteiger partial charge in [0.1, 0.15) is 5.69 Å². The summed E-state index contributed by atoms with van der Waals surface area (Å²) in [5.41, 5.74) is 1.17. The van der Waals surface area contributed by atoms with E-state index in [4.69, 9.17) is 4.74 Å². The van der Waals surface area contributed by atoms with Crippen molar-refractivity contribution in [3.63, 3.8) is 0 Å². The van der Waals surface area contributed by atoms with Crippen LogP contribution in [0, 0.1) is 0 Å². The topological polar surface area (TPSA) is 68.2 Å². The highest BCUT2D eigenvalue weighted by molar-refractivity contribution is 5.93. The molecule has 0 bridgehead atoms. The van der Waals surface area contributed by atoms with Crippen molar-refractivity contribution >= 4 is 5.91 Å². The van der Waals surface area contributed by atoms with Crippen LogP contribution in [0.1, 0.15) is 29.6 Å². The Morgan fingerprint density at radius 3 is 2.74 bits per heavy atom. The smallest absolute Gasteiger partial charge is 0.256 e. The van der Waals surface area contributed by atoms with Gasteiger partial charge >= 0.3 is 0 Å². The van der Waals surface area contributed by atoms with Crippen molar-refractivity contribution in [1.29, 1.82) is 0 Å². The van der Waals surface area contributed by atoms with Gasteiger partial charge in [-0.05, 0) is 31.4 Å². The number of rotatable bonds is 4. The lowest BCUT2D eigenvalue weighted by Gasteiger charge is -2.27. The van der Waals surface area contributed by atoms with Gasteiger partial charge in [-0.3, -0.25) is 9.78 Å². The van der Waals surface area contributed by atoms with Crippen LogP contribution >= 0.6 is 0 Å². The third-order valence-electron chi connectivity index (χ3n) is 3.89. The second kappa shape index (κ2) is 7.28. The van der Waals surface area contributed by atoms with Crippen LogP contribution in [0.3, 0.4) is 0 Å². The fraction of sp³-hybridized carbons (Fsp3) is 0.412. The summed E-state index contributed by atoms with van der Waals surface area (Å²) in [5, 5.41) is 0. The van der Waals surface area contributed by atoms with Crippen LogP contribution in [0.5, 0.6) is 0 Å². The summed E-state index contributed by atoms with van der Waals surface area (Å²) in [6.45, 7) is 1.38. The number of nitrogens with zero attached hydrogens (tertiary/aromatic N) is 4. The zero-order valence-corrected chi connectivity index (χ0v) is 13.2. The van der Waals surface area contributed by atoms with Gasteiger partial charge in [-0.2, -0.15) is 0 Å². The molecule has 1 unspecified atom stereocenters. The molecule has 1 aliphatic rings. The Hall–Kier alpha value is -2.34. The predicted molar refractivity (Wildman–Crippen MR) is 85.8 cm³/mol. The van der Waals surface area contributed by atoms with E-state index in [9.17, 15) is 4.79 Å². The van der Waals surface area contributed by atoms with E-state index in [0.717, 1.165) is 25.9 Å². The van der Waals surface area contributed by atoms with E-state index in [-0.39, 0.29) is 12.0 Å². The predicted octanol–water partition coefficient (Wildman–Crippen LogP) is 2.18. The number of amides is 1. The van der Waals surface area contributed by atoms with Gasteiger partial charge in [0, 0.05) is 38.8 Å². The van der Waals surface area contributed by atoms with E-state index in [2.05, 4.69) is 15.0 Å². The minimum absolute atomic E-state index is 0.0910. The van der Waals surface area contributed by atoms with Crippen molar-refractivity contribution in [2.45, 2.75) is 25.4 Å². The molecule has 120 valence electrons. The number of ether oxygens (including phenoxy) is 1. The quantitative estimate of drug-likeness (QED) is 0.865. The van der Waals surface area contributed by atoms with Gasteiger partial charge in [-0.25, -0.2) is 9.97 Å². The lowest BCUT2D eigenvalue weighted by Crippen LogP contribution is -2.37. The molecule has 1 amide bonds. The summed E-state index contributed by atoms with van der Waals surface area (Å²) in [6.07, 6.45) is 8.20. The molecule has 1 atom stereocenters. The summed E-state index contributed by atoms with van der Waals surface area (Å²) in [7, 11) is 1.78. The Morgan fingerprint density at radius 2 is 2.09 bits per heavy atom. The molecule has 0 spiro atoms. The molecular formula is C17H20N4O2. The molecule has 0 aromatic carbocycles. The van der Waals surface area contributed by atoms with Gasteiger partial charge in [0.05, 0.1) is 11.7 Å². The van der Waals surface area contributed by atoms with E-state index in [1.165, 1.54) is 0 Å². The lowest BCUT2D eigenvalue weighted by atomic mass is 10.1. The van der Waals surface area contributed by atoms with Crippen LogP contribution in [0.2, 0.25) is 0 Å². The molecule has 0 radical (unpaired) electrons. The molecule has 0 aliphatic carbocycles. The van der Waals surface area contributed by atoms with E-state index < -0.39 is 0 Å². The summed E-state index contributed by atoms with van der Waals surface area (Å²) in [5.74, 6) is 0.423. The summed E-state index contributed by atoms with van der Waals surface area (Å²) in [6, 6.07) is 5.55. The van der Waals surface area contributed by atoms with Crippen molar-refractivity contribution in [2.75, 3.05) is 20.2 Å². The van der Waals surface area contributed by atoms with E-state index in [1.807, 2.05) is 18.2 Å². The van der Waals surface area contributed by atoms with Crippen LogP contribution < -0.4 is 0 Å². The molecule has 1 saturated heterocycles. The number of aromatic nitrogens is 3. The fourth-order valence-electron chi connectivity index (χ4n) is 2.63. The Labute approximate surface area is 135 Å². The number of hydrogen-bond donors (Lipinski definition) is 0. The first kappa shape index (κ1) is 15.6. The SMILES string of the molecule is CN(CC1CCCCO1)C(=O)c1cnc(-c2ccccn2)nc1.